The summed E-state index contributed by atoms with van der Waals surface area (Å²) in [5.41, 5.74) is 2.07. The highest BCUT2D eigenvalue weighted by Gasteiger charge is 2.18. The molecule has 1 amide bonds. The van der Waals surface area contributed by atoms with Gasteiger partial charge in [0.05, 0.1) is 6.04 Å². The van der Waals surface area contributed by atoms with Crippen LogP contribution in [-0.4, -0.2) is 26.0 Å². The van der Waals surface area contributed by atoms with Gasteiger partial charge in [-0.15, -0.1) is 0 Å². The van der Waals surface area contributed by atoms with Crippen LogP contribution in [0, 0.1) is 12.7 Å². The molecule has 0 radical (unpaired) electrons. The molecule has 4 rings (SSSR count). The molecule has 0 saturated heterocycles. The fraction of sp³-hybridized carbons (Fsp3) is 0.217. The highest BCUT2D eigenvalue weighted by Crippen LogP contribution is 2.20. The first-order valence-corrected chi connectivity index (χ1v) is 10.00. The normalized spacial score (nSPS) is 11.9. The number of carbonyl (C=O) groups excluding carboxylic acids is 1. The van der Waals surface area contributed by atoms with Gasteiger partial charge in [-0.1, -0.05) is 47.6 Å². The van der Waals surface area contributed by atoms with Crippen molar-refractivity contribution in [1.29, 1.82) is 0 Å². The Morgan fingerprint density at radius 2 is 2.06 bits per heavy atom. The number of aromatic nitrogens is 4. The predicted molar refractivity (Wildman–Crippen MR) is 112 cm³/mol. The summed E-state index contributed by atoms with van der Waals surface area (Å²) in [6, 6.07) is 14.3. The minimum atomic E-state index is -0.327. The standard InChI is InChI=1S/C23H22FN5O2/c1-15-7-8-17(13-18(15)24)23-28-22(31-29-23)10-9-21(30)27-19(14-20-25-11-12-26-20)16-5-3-2-4-6-16/h2-8,11-13,19H,9-10,14H2,1H3,(H,25,26)(H,27,30). The summed E-state index contributed by atoms with van der Waals surface area (Å²) < 4.78 is 19.0. The van der Waals surface area contributed by atoms with Crippen LogP contribution in [0.5, 0.6) is 0 Å². The number of hydrogen-bond acceptors (Lipinski definition) is 5. The van der Waals surface area contributed by atoms with Crippen molar-refractivity contribution < 1.29 is 13.7 Å². The van der Waals surface area contributed by atoms with E-state index in [9.17, 15) is 9.18 Å². The summed E-state index contributed by atoms with van der Waals surface area (Å²) in [6.45, 7) is 1.69. The molecule has 0 saturated carbocycles. The van der Waals surface area contributed by atoms with Crippen molar-refractivity contribution in [1.82, 2.24) is 25.4 Å². The minimum absolute atomic E-state index is 0.137. The van der Waals surface area contributed by atoms with Crippen LogP contribution >= 0.6 is 0 Å². The molecule has 2 aromatic heterocycles. The number of H-pyrrole nitrogens is 1. The number of aryl methyl sites for hydroxylation is 2. The van der Waals surface area contributed by atoms with Gasteiger partial charge in [-0.25, -0.2) is 9.37 Å². The Morgan fingerprint density at radius 3 is 2.81 bits per heavy atom. The Morgan fingerprint density at radius 1 is 1.23 bits per heavy atom. The van der Waals surface area contributed by atoms with E-state index in [1.165, 1.54) is 6.07 Å². The lowest BCUT2D eigenvalue weighted by atomic mass is 10.0. The maximum atomic E-state index is 13.8. The molecule has 31 heavy (non-hydrogen) atoms. The van der Waals surface area contributed by atoms with Crippen LogP contribution in [0.2, 0.25) is 0 Å². The van der Waals surface area contributed by atoms with Crippen LogP contribution < -0.4 is 5.32 Å². The van der Waals surface area contributed by atoms with Gasteiger partial charge in [-0.2, -0.15) is 4.98 Å². The minimum Gasteiger partial charge on any atom is -0.349 e. The summed E-state index contributed by atoms with van der Waals surface area (Å²) in [5, 5.41) is 6.95. The van der Waals surface area contributed by atoms with E-state index in [1.807, 2.05) is 30.3 Å². The zero-order valence-corrected chi connectivity index (χ0v) is 17.0. The van der Waals surface area contributed by atoms with Gasteiger partial charge in [-0.05, 0) is 24.1 Å². The molecule has 0 spiro atoms. The highest BCUT2D eigenvalue weighted by atomic mass is 19.1. The van der Waals surface area contributed by atoms with E-state index in [1.54, 1.807) is 31.5 Å². The van der Waals surface area contributed by atoms with E-state index in [4.69, 9.17) is 4.52 Å². The van der Waals surface area contributed by atoms with E-state index in [0.29, 0.717) is 29.3 Å². The third-order valence-corrected chi connectivity index (χ3v) is 4.95. The first-order chi connectivity index (χ1) is 15.1. The van der Waals surface area contributed by atoms with Crippen LogP contribution in [0.15, 0.2) is 65.4 Å². The smallest absolute Gasteiger partial charge is 0.227 e. The topological polar surface area (TPSA) is 96.7 Å². The molecule has 2 heterocycles. The van der Waals surface area contributed by atoms with Crippen LogP contribution in [0.3, 0.4) is 0 Å². The quantitative estimate of drug-likeness (QED) is 0.451. The number of rotatable bonds is 8. The van der Waals surface area contributed by atoms with Gasteiger partial charge >= 0.3 is 0 Å². The molecular formula is C23H22FN5O2. The number of nitrogens with one attached hydrogen (secondary N) is 2. The molecular weight excluding hydrogens is 397 g/mol. The summed E-state index contributed by atoms with van der Waals surface area (Å²) >= 11 is 0. The average molecular weight is 419 g/mol. The second kappa shape index (κ2) is 9.34. The first kappa shape index (κ1) is 20.5. The number of carbonyl (C=O) groups is 1. The van der Waals surface area contributed by atoms with E-state index in [0.717, 1.165) is 11.4 Å². The van der Waals surface area contributed by atoms with E-state index < -0.39 is 0 Å². The number of aromatic amines is 1. The zero-order valence-electron chi connectivity index (χ0n) is 17.0. The molecule has 0 aliphatic rings. The lowest BCUT2D eigenvalue weighted by Gasteiger charge is -2.18. The Hall–Kier alpha value is -3.81. The maximum absolute atomic E-state index is 13.8. The fourth-order valence-electron chi connectivity index (χ4n) is 3.23. The number of benzene rings is 2. The van der Waals surface area contributed by atoms with E-state index in [2.05, 4.69) is 25.4 Å². The Labute approximate surface area is 178 Å². The second-order valence-electron chi connectivity index (χ2n) is 7.25. The van der Waals surface area contributed by atoms with Crippen LogP contribution in [0.4, 0.5) is 4.39 Å². The molecule has 2 N–H and O–H groups in total. The van der Waals surface area contributed by atoms with Crippen molar-refractivity contribution in [2.75, 3.05) is 0 Å². The molecule has 1 atom stereocenters. The number of amides is 1. The van der Waals surface area contributed by atoms with E-state index in [-0.39, 0.29) is 30.6 Å². The van der Waals surface area contributed by atoms with Gasteiger partial charge in [0, 0.05) is 37.2 Å². The summed E-state index contributed by atoms with van der Waals surface area (Å²) in [4.78, 5) is 24.2. The van der Waals surface area contributed by atoms with Gasteiger partial charge in [0.15, 0.2) is 0 Å². The molecule has 0 bridgehead atoms. The van der Waals surface area contributed by atoms with Gasteiger partial charge in [0.1, 0.15) is 11.6 Å². The molecule has 1 unspecified atom stereocenters. The third-order valence-electron chi connectivity index (χ3n) is 4.95. The fourth-order valence-corrected chi connectivity index (χ4v) is 3.23. The van der Waals surface area contributed by atoms with Gasteiger partial charge in [0.2, 0.25) is 17.6 Å². The van der Waals surface area contributed by atoms with Crippen LogP contribution in [0.1, 0.15) is 35.3 Å². The van der Waals surface area contributed by atoms with Gasteiger partial charge in [0.25, 0.3) is 0 Å². The van der Waals surface area contributed by atoms with Crippen molar-refractivity contribution in [3.8, 4) is 11.4 Å². The van der Waals surface area contributed by atoms with Gasteiger partial charge in [-0.3, -0.25) is 4.79 Å². The molecule has 0 aliphatic carbocycles. The van der Waals surface area contributed by atoms with Crippen molar-refractivity contribution in [2.24, 2.45) is 0 Å². The van der Waals surface area contributed by atoms with Crippen LogP contribution in [0.25, 0.3) is 11.4 Å². The Balaban J connectivity index is 1.38. The van der Waals surface area contributed by atoms with Crippen LogP contribution in [-0.2, 0) is 17.6 Å². The number of halogens is 1. The summed E-state index contributed by atoms with van der Waals surface area (Å²) in [5.74, 6) is 0.956. The lowest BCUT2D eigenvalue weighted by molar-refractivity contribution is -0.121. The average Bonchev–Trinajstić information content (AvgIpc) is 3.47. The molecule has 158 valence electrons. The molecule has 8 heteroatoms. The molecule has 2 aromatic carbocycles. The Kier molecular flexibility index (Phi) is 6.16. The van der Waals surface area contributed by atoms with Crippen molar-refractivity contribution >= 4 is 5.91 Å². The number of imidazole rings is 1. The van der Waals surface area contributed by atoms with E-state index >= 15 is 0 Å². The lowest BCUT2D eigenvalue weighted by Crippen LogP contribution is -2.30. The summed E-state index contributed by atoms with van der Waals surface area (Å²) in [6.07, 6.45) is 4.46. The molecule has 4 aromatic rings. The molecule has 0 aliphatic heterocycles. The highest BCUT2D eigenvalue weighted by molar-refractivity contribution is 5.76. The van der Waals surface area contributed by atoms with Crippen molar-refractivity contribution in [2.45, 2.75) is 32.2 Å². The predicted octanol–water partition coefficient (Wildman–Crippen LogP) is 3.94. The van der Waals surface area contributed by atoms with Crippen molar-refractivity contribution in [3.63, 3.8) is 0 Å². The second-order valence-corrected chi connectivity index (χ2v) is 7.25. The van der Waals surface area contributed by atoms with Gasteiger partial charge < -0.3 is 14.8 Å². The third kappa shape index (κ3) is 5.22. The zero-order chi connectivity index (χ0) is 21.6. The maximum Gasteiger partial charge on any atom is 0.227 e. The van der Waals surface area contributed by atoms with Crippen molar-refractivity contribution in [3.05, 3.63) is 89.6 Å². The number of nitrogens with zero attached hydrogens (tertiary/aromatic N) is 3. The monoisotopic (exact) mass is 419 g/mol. The Bertz CT molecular complexity index is 1140. The first-order valence-electron chi connectivity index (χ1n) is 10.00. The summed E-state index contributed by atoms with van der Waals surface area (Å²) in [7, 11) is 0. The number of hydrogen-bond donors (Lipinski definition) is 2. The largest absolute Gasteiger partial charge is 0.349 e. The molecule has 7 nitrogen and oxygen atoms in total. The molecule has 0 fully saturated rings. The SMILES string of the molecule is Cc1ccc(-c2noc(CCC(=O)NC(Cc3ncc[nH]3)c3ccccc3)n2)cc1F.